The van der Waals surface area contributed by atoms with Gasteiger partial charge in [-0.1, -0.05) is 11.6 Å². The van der Waals surface area contributed by atoms with E-state index in [0.717, 1.165) is 18.5 Å². The van der Waals surface area contributed by atoms with Crippen LogP contribution in [0.1, 0.15) is 25.7 Å². The number of hydrogen-bond acceptors (Lipinski definition) is 4. The fraction of sp³-hybridized carbons (Fsp3) is 0.588. The number of amides is 1. The Hall–Kier alpha value is -0.880. The molecular formula is C17H26Cl3N3O2. The number of halogens is 3. The van der Waals surface area contributed by atoms with Crippen molar-refractivity contribution < 1.29 is 9.53 Å². The molecule has 0 spiro atoms. The third kappa shape index (κ3) is 5.30. The lowest BCUT2D eigenvalue weighted by Gasteiger charge is -2.35. The lowest BCUT2D eigenvalue weighted by atomic mass is 9.98. The highest BCUT2D eigenvalue weighted by Gasteiger charge is 2.36. The highest BCUT2D eigenvalue weighted by atomic mass is 35.5. The number of likely N-dealkylation sites (N-methyl/N-ethyl adjacent to an activating group) is 1. The highest BCUT2D eigenvalue weighted by molar-refractivity contribution is 6.30. The summed E-state index contributed by atoms with van der Waals surface area (Å²) in [6, 6.07) is 6.83. The van der Waals surface area contributed by atoms with Crippen molar-refractivity contribution in [1.82, 2.24) is 10.2 Å². The van der Waals surface area contributed by atoms with Crippen LogP contribution in [0, 0.1) is 0 Å². The maximum absolute atomic E-state index is 12.5. The van der Waals surface area contributed by atoms with Crippen LogP contribution in [0.2, 0.25) is 5.02 Å². The van der Waals surface area contributed by atoms with E-state index in [9.17, 15) is 4.79 Å². The van der Waals surface area contributed by atoms with Crippen molar-refractivity contribution in [3.63, 3.8) is 0 Å². The number of methoxy groups -OCH3 is 1. The van der Waals surface area contributed by atoms with Crippen molar-refractivity contribution >= 4 is 48.0 Å². The molecule has 0 aromatic heterocycles. The number of ether oxygens (including phenoxy) is 1. The fourth-order valence-corrected chi connectivity index (χ4v) is 3.83. The summed E-state index contributed by atoms with van der Waals surface area (Å²) in [5.41, 5.74) is 0.743. The lowest BCUT2D eigenvalue weighted by molar-refractivity contribution is -0.130. The van der Waals surface area contributed by atoms with Gasteiger partial charge >= 0.3 is 0 Å². The van der Waals surface area contributed by atoms with Gasteiger partial charge in [-0.25, -0.2) is 0 Å². The molecule has 2 aliphatic heterocycles. The van der Waals surface area contributed by atoms with E-state index < -0.39 is 0 Å². The Labute approximate surface area is 166 Å². The fourth-order valence-electron chi connectivity index (χ4n) is 3.66. The molecule has 1 amide bonds. The van der Waals surface area contributed by atoms with E-state index in [4.69, 9.17) is 16.3 Å². The second kappa shape index (κ2) is 9.72. The Balaban J connectivity index is 0.00000156. The normalized spacial score (nSPS) is 23.9. The molecule has 5 nitrogen and oxygen atoms in total. The zero-order chi connectivity index (χ0) is 16.4. The quantitative estimate of drug-likeness (QED) is 0.781. The molecule has 2 N–H and O–H groups in total. The monoisotopic (exact) mass is 409 g/mol. The Morgan fingerprint density at radius 1 is 1.32 bits per heavy atom. The topological polar surface area (TPSA) is 53.6 Å². The average Bonchev–Trinajstić information content (AvgIpc) is 2.90. The summed E-state index contributed by atoms with van der Waals surface area (Å²) in [5.74, 6) is 0.781. The maximum atomic E-state index is 12.5. The van der Waals surface area contributed by atoms with Crippen LogP contribution in [0.5, 0.6) is 5.75 Å². The van der Waals surface area contributed by atoms with E-state index in [0.29, 0.717) is 28.9 Å². The number of benzene rings is 1. The zero-order valence-electron chi connectivity index (χ0n) is 14.5. The van der Waals surface area contributed by atoms with E-state index in [2.05, 4.69) is 10.6 Å². The van der Waals surface area contributed by atoms with Crippen LogP contribution >= 0.6 is 36.4 Å². The van der Waals surface area contributed by atoms with Crippen LogP contribution in [-0.2, 0) is 4.79 Å². The van der Waals surface area contributed by atoms with Crippen molar-refractivity contribution in [2.75, 3.05) is 26.0 Å². The first kappa shape index (κ1) is 22.2. The standard InChI is InChI=1S/C17H24ClN3O2.2ClH/c1-21(14-8-12-4-5-13(9-14)20-12)17(22)10-19-15-7-11(18)3-6-16(15)23-2;;/h3,6-7,12-14,19-20H,4-5,8-10H2,1-2H3;2*1H. The SMILES string of the molecule is COc1ccc(Cl)cc1NCC(=O)N(C)C1CC2CCC(C1)N2.Cl.Cl. The predicted molar refractivity (Wildman–Crippen MR) is 107 cm³/mol. The molecule has 25 heavy (non-hydrogen) atoms. The minimum atomic E-state index is 0. The van der Waals surface area contributed by atoms with Crippen LogP contribution in [0.25, 0.3) is 0 Å². The molecule has 2 bridgehead atoms. The Morgan fingerprint density at radius 2 is 1.96 bits per heavy atom. The minimum Gasteiger partial charge on any atom is -0.495 e. The second-order valence-electron chi connectivity index (χ2n) is 6.47. The summed E-state index contributed by atoms with van der Waals surface area (Å²) in [6.45, 7) is 0.243. The minimum absolute atomic E-state index is 0. The number of fused-ring (bicyclic) bond motifs is 2. The molecule has 2 fully saturated rings. The first-order chi connectivity index (χ1) is 11.1. The Bertz CT molecular complexity index is 576. The van der Waals surface area contributed by atoms with Gasteiger partial charge in [0, 0.05) is 30.2 Å². The number of anilines is 1. The van der Waals surface area contributed by atoms with Crippen molar-refractivity contribution in [1.29, 1.82) is 0 Å². The van der Waals surface area contributed by atoms with Gasteiger partial charge in [0.05, 0.1) is 19.3 Å². The third-order valence-electron chi connectivity index (χ3n) is 4.98. The Kier molecular flexibility index (Phi) is 8.61. The van der Waals surface area contributed by atoms with Gasteiger partial charge in [0.25, 0.3) is 0 Å². The molecule has 142 valence electrons. The largest absolute Gasteiger partial charge is 0.495 e. The molecule has 2 saturated heterocycles. The van der Waals surface area contributed by atoms with Crippen LogP contribution in [0.4, 0.5) is 5.69 Å². The number of rotatable bonds is 5. The van der Waals surface area contributed by atoms with E-state index in [1.807, 2.05) is 11.9 Å². The smallest absolute Gasteiger partial charge is 0.241 e. The molecule has 2 atom stereocenters. The second-order valence-corrected chi connectivity index (χ2v) is 6.90. The highest BCUT2D eigenvalue weighted by Crippen LogP contribution is 2.30. The molecule has 0 saturated carbocycles. The number of nitrogens with one attached hydrogen (secondary N) is 2. The summed E-state index contributed by atoms with van der Waals surface area (Å²) in [7, 11) is 3.52. The first-order valence-electron chi connectivity index (χ1n) is 8.16. The van der Waals surface area contributed by atoms with Gasteiger partial charge in [-0.3, -0.25) is 4.79 Å². The molecule has 2 aliphatic rings. The van der Waals surface area contributed by atoms with Crippen molar-refractivity contribution in [3.8, 4) is 5.75 Å². The summed E-state index contributed by atoms with van der Waals surface area (Å²) >= 11 is 6.01. The van der Waals surface area contributed by atoms with Gasteiger partial charge in [0.15, 0.2) is 0 Å². The third-order valence-corrected chi connectivity index (χ3v) is 5.22. The molecule has 0 aliphatic carbocycles. The van der Waals surface area contributed by atoms with Crippen LogP contribution < -0.4 is 15.4 Å². The zero-order valence-corrected chi connectivity index (χ0v) is 16.8. The number of nitrogens with zero attached hydrogens (tertiary/aromatic N) is 1. The molecule has 2 unspecified atom stereocenters. The van der Waals surface area contributed by atoms with E-state index >= 15 is 0 Å². The maximum Gasteiger partial charge on any atom is 0.241 e. The predicted octanol–water partition coefficient (Wildman–Crippen LogP) is 3.35. The number of carbonyl (C=O) groups is 1. The van der Waals surface area contributed by atoms with E-state index in [-0.39, 0.29) is 37.3 Å². The molecular weight excluding hydrogens is 385 g/mol. The molecule has 8 heteroatoms. The summed E-state index contributed by atoms with van der Waals surface area (Å²) in [6.07, 6.45) is 4.58. The van der Waals surface area contributed by atoms with Gasteiger partial charge < -0.3 is 20.3 Å². The van der Waals surface area contributed by atoms with Gasteiger partial charge in [0.2, 0.25) is 5.91 Å². The summed E-state index contributed by atoms with van der Waals surface area (Å²) in [4.78, 5) is 14.4. The summed E-state index contributed by atoms with van der Waals surface area (Å²) in [5, 5.41) is 7.37. The van der Waals surface area contributed by atoms with E-state index in [1.165, 1.54) is 12.8 Å². The number of carbonyl (C=O) groups excluding carboxylic acids is 1. The number of piperidine rings is 1. The molecule has 1 aromatic carbocycles. The van der Waals surface area contributed by atoms with Gasteiger partial charge in [0.1, 0.15) is 5.75 Å². The molecule has 0 radical (unpaired) electrons. The lowest BCUT2D eigenvalue weighted by Crippen LogP contribution is -2.49. The van der Waals surface area contributed by atoms with Crippen LogP contribution in [0.15, 0.2) is 18.2 Å². The van der Waals surface area contributed by atoms with Gasteiger partial charge in [-0.15, -0.1) is 24.8 Å². The van der Waals surface area contributed by atoms with Crippen molar-refractivity contribution in [3.05, 3.63) is 23.2 Å². The van der Waals surface area contributed by atoms with Gasteiger partial charge in [-0.2, -0.15) is 0 Å². The number of hydrogen-bond donors (Lipinski definition) is 2. The summed E-state index contributed by atoms with van der Waals surface area (Å²) < 4.78 is 5.29. The first-order valence-corrected chi connectivity index (χ1v) is 8.53. The molecule has 3 rings (SSSR count). The van der Waals surface area contributed by atoms with Crippen LogP contribution in [0.3, 0.4) is 0 Å². The van der Waals surface area contributed by atoms with Crippen molar-refractivity contribution in [2.45, 2.75) is 43.8 Å². The van der Waals surface area contributed by atoms with E-state index in [1.54, 1.807) is 25.3 Å². The molecule has 1 aromatic rings. The van der Waals surface area contributed by atoms with Crippen molar-refractivity contribution in [2.24, 2.45) is 0 Å². The Morgan fingerprint density at radius 3 is 2.56 bits per heavy atom. The van der Waals surface area contributed by atoms with Crippen LogP contribution in [-0.4, -0.2) is 49.6 Å². The molecule has 2 heterocycles. The average molecular weight is 411 g/mol. The van der Waals surface area contributed by atoms with Gasteiger partial charge in [-0.05, 0) is 43.9 Å².